The van der Waals surface area contributed by atoms with Crippen molar-refractivity contribution in [2.75, 3.05) is 13.7 Å². The van der Waals surface area contributed by atoms with E-state index < -0.39 is 5.97 Å². The average Bonchev–Trinajstić information content (AvgIpc) is 2.35. The second-order valence-electron chi connectivity index (χ2n) is 3.70. The number of hydrogen-bond acceptors (Lipinski definition) is 2. The lowest BCUT2D eigenvalue weighted by Gasteiger charge is -1.98. The Kier molecular flexibility index (Phi) is 1.92. The fraction of sp³-hybridized carbons (Fsp3) is 0.875. The van der Waals surface area contributed by atoms with Gasteiger partial charge >= 0.3 is 5.97 Å². The molecule has 0 saturated heterocycles. The predicted octanol–water partition coefficient (Wildman–Crippen LogP) is 0.990. The first-order chi connectivity index (χ1) is 5.01. The number of hydrogen-bond donors (Lipinski definition) is 1. The van der Waals surface area contributed by atoms with Gasteiger partial charge in [-0.2, -0.15) is 0 Å². The monoisotopic (exact) mass is 158 g/mol. The van der Waals surface area contributed by atoms with Crippen LogP contribution in [0.1, 0.15) is 13.8 Å². The van der Waals surface area contributed by atoms with Gasteiger partial charge in [0.15, 0.2) is 0 Å². The highest BCUT2D eigenvalue weighted by atomic mass is 16.5. The summed E-state index contributed by atoms with van der Waals surface area (Å²) in [6, 6.07) is 0. The number of ether oxygens (including phenoxy) is 1. The quantitative estimate of drug-likeness (QED) is 0.666. The Bertz CT molecular complexity index is 174. The van der Waals surface area contributed by atoms with E-state index in [2.05, 4.69) is 0 Å². The Morgan fingerprint density at radius 2 is 2.18 bits per heavy atom. The highest BCUT2D eigenvalue weighted by Crippen LogP contribution is 2.58. The predicted molar refractivity (Wildman–Crippen MR) is 40.3 cm³/mol. The third kappa shape index (κ3) is 1.25. The number of methoxy groups -OCH3 is 1. The molecule has 1 fully saturated rings. The summed E-state index contributed by atoms with van der Waals surface area (Å²) >= 11 is 0. The molecule has 0 bridgehead atoms. The van der Waals surface area contributed by atoms with Crippen molar-refractivity contribution in [1.29, 1.82) is 0 Å². The van der Waals surface area contributed by atoms with Gasteiger partial charge in [-0.15, -0.1) is 0 Å². The molecule has 0 aromatic rings. The molecule has 1 saturated carbocycles. The van der Waals surface area contributed by atoms with E-state index in [9.17, 15) is 4.79 Å². The fourth-order valence-electron chi connectivity index (χ4n) is 1.73. The highest BCUT2D eigenvalue weighted by Gasteiger charge is 2.61. The molecule has 0 aromatic carbocycles. The van der Waals surface area contributed by atoms with Crippen LogP contribution in [0, 0.1) is 17.3 Å². The van der Waals surface area contributed by atoms with Gasteiger partial charge < -0.3 is 9.84 Å². The number of carbonyl (C=O) groups is 1. The van der Waals surface area contributed by atoms with Crippen LogP contribution in [0.15, 0.2) is 0 Å². The van der Waals surface area contributed by atoms with E-state index in [0.717, 1.165) is 0 Å². The smallest absolute Gasteiger partial charge is 0.307 e. The van der Waals surface area contributed by atoms with Crippen molar-refractivity contribution in [3.8, 4) is 0 Å². The molecule has 2 atom stereocenters. The largest absolute Gasteiger partial charge is 0.481 e. The number of carboxylic acid groups (broad SMARTS) is 1. The van der Waals surface area contributed by atoms with Gasteiger partial charge in [0.05, 0.1) is 12.5 Å². The first kappa shape index (κ1) is 8.53. The molecule has 64 valence electrons. The molecular formula is C8H14O3. The topological polar surface area (TPSA) is 46.5 Å². The molecule has 1 aliphatic rings. The lowest BCUT2D eigenvalue weighted by Crippen LogP contribution is -2.03. The highest BCUT2D eigenvalue weighted by molar-refractivity contribution is 5.75. The third-order valence-electron chi connectivity index (χ3n) is 2.66. The summed E-state index contributed by atoms with van der Waals surface area (Å²) in [6.07, 6.45) is 0. The van der Waals surface area contributed by atoms with Crippen molar-refractivity contribution < 1.29 is 14.6 Å². The second-order valence-corrected chi connectivity index (χ2v) is 3.70. The van der Waals surface area contributed by atoms with Crippen LogP contribution in [0.2, 0.25) is 0 Å². The van der Waals surface area contributed by atoms with Crippen molar-refractivity contribution >= 4 is 5.97 Å². The lowest BCUT2D eigenvalue weighted by atomic mass is 10.1. The third-order valence-corrected chi connectivity index (χ3v) is 2.66. The van der Waals surface area contributed by atoms with Gasteiger partial charge in [0.2, 0.25) is 0 Å². The summed E-state index contributed by atoms with van der Waals surface area (Å²) in [5.41, 5.74) is -0.0676. The summed E-state index contributed by atoms with van der Waals surface area (Å²) in [5.74, 6) is -0.704. The van der Waals surface area contributed by atoms with Crippen LogP contribution in [0.4, 0.5) is 0 Å². The second kappa shape index (κ2) is 2.48. The van der Waals surface area contributed by atoms with Gasteiger partial charge in [0, 0.05) is 13.0 Å². The first-order valence-corrected chi connectivity index (χ1v) is 3.73. The van der Waals surface area contributed by atoms with Crippen LogP contribution in [0.25, 0.3) is 0 Å². The van der Waals surface area contributed by atoms with Crippen LogP contribution in [0.5, 0.6) is 0 Å². The number of carboxylic acids is 1. The van der Waals surface area contributed by atoms with Crippen molar-refractivity contribution in [3.63, 3.8) is 0 Å². The van der Waals surface area contributed by atoms with E-state index in [4.69, 9.17) is 9.84 Å². The van der Waals surface area contributed by atoms with E-state index in [-0.39, 0.29) is 17.3 Å². The average molecular weight is 158 g/mol. The van der Waals surface area contributed by atoms with Crippen LogP contribution < -0.4 is 0 Å². The Morgan fingerprint density at radius 3 is 2.45 bits per heavy atom. The molecule has 0 aromatic heterocycles. The minimum atomic E-state index is -0.697. The zero-order valence-electron chi connectivity index (χ0n) is 7.13. The molecule has 0 amide bonds. The molecule has 0 spiro atoms. The van der Waals surface area contributed by atoms with E-state index in [0.29, 0.717) is 6.61 Å². The molecule has 0 radical (unpaired) electrons. The molecular weight excluding hydrogens is 144 g/mol. The van der Waals surface area contributed by atoms with E-state index in [1.54, 1.807) is 7.11 Å². The van der Waals surface area contributed by atoms with Crippen molar-refractivity contribution in [3.05, 3.63) is 0 Å². The zero-order valence-corrected chi connectivity index (χ0v) is 7.13. The SMILES string of the molecule is COC[C@@H]1[C@@H](C(=O)O)C1(C)C. The van der Waals surface area contributed by atoms with Crippen molar-refractivity contribution in [2.45, 2.75) is 13.8 Å². The van der Waals surface area contributed by atoms with Gasteiger partial charge in [-0.05, 0) is 5.41 Å². The minimum absolute atomic E-state index is 0.0676. The van der Waals surface area contributed by atoms with Gasteiger partial charge in [-0.1, -0.05) is 13.8 Å². The maximum absolute atomic E-state index is 10.6. The van der Waals surface area contributed by atoms with E-state index >= 15 is 0 Å². The molecule has 1 N–H and O–H groups in total. The molecule has 3 heteroatoms. The van der Waals surface area contributed by atoms with Crippen molar-refractivity contribution in [1.82, 2.24) is 0 Å². The Labute approximate surface area is 66.4 Å². The molecule has 0 unspecified atom stereocenters. The summed E-state index contributed by atoms with van der Waals surface area (Å²) in [6.45, 7) is 4.49. The molecule has 11 heavy (non-hydrogen) atoms. The van der Waals surface area contributed by atoms with E-state index in [1.165, 1.54) is 0 Å². The fourth-order valence-corrected chi connectivity index (χ4v) is 1.73. The van der Waals surface area contributed by atoms with Gasteiger partial charge in [0.25, 0.3) is 0 Å². The summed E-state index contributed by atoms with van der Waals surface area (Å²) in [4.78, 5) is 10.6. The molecule has 1 rings (SSSR count). The molecule has 1 aliphatic carbocycles. The molecule has 0 aliphatic heterocycles. The Hall–Kier alpha value is -0.570. The summed E-state index contributed by atoms with van der Waals surface area (Å²) in [7, 11) is 1.60. The standard InChI is InChI=1S/C8H14O3/c1-8(2)5(4-11-3)6(8)7(9)10/h5-6H,4H2,1-3H3,(H,9,10)/t5-,6+/m1/s1. The first-order valence-electron chi connectivity index (χ1n) is 3.73. The van der Waals surface area contributed by atoms with Crippen LogP contribution >= 0.6 is 0 Å². The lowest BCUT2D eigenvalue weighted by molar-refractivity contribution is -0.139. The Morgan fingerprint density at radius 1 is 1.64 bits per heavy atom. The summed E-state index contributed by atoms with van der Waals surface area (Å²) < 4.78 is 4.92. The van der Waals surface area contributed by atoms with Crippen LogP contribution in [0.3, 0.4) is 0 Å². The number of rotatable bonds is 3. The maximum Gasteiger partial charge on any atom is 0.307 e. The minimum Gasteiger partial charge on any atom is -0.481 e. The summed E-state index contributed by atoms with van der Waals surface area (Å²) in [5, 5.41) is 8.73. The molecule has 3 nitrogen and oxygen atoms in total. The van der Waals surface area contributed by atoms with Crippen LogP contribution in [-0.2, 0) is 9.53 Å². The van der Waals surface area contributed by atoms with Gasteiger partial charge in [-0.3, -0.25) is 4.79 Å². The number of aliphatic carboxylic acids is 1. The van der Waals surface area contributed by atoms with Gasteiger partial charge in [0.1, 0.15) is 0 Å². The normalized spacial score (nSPS) is 33.4. The van der Waals surface area contributed by atoms with Crippen LogP contribution in [-0.4, -0.2) is 24.8 Å². The van der Waals surface area contributed by atoms with Gasteiger partial charge in [-0.25, -0.2) is 0 Å². The zero-order chi connectivity index (χ0) is 8.65. The van der Waals surface area contributed by atoms with E-state index in [1.807, 2.05) is 13.8 Å². The maximum atomic E-state index is 10.6. The Balaban J connectivity index is 2.53. The van der Waals surface area contributed by atoms with Crippen molar-refractivity contribution in [2.24, 2.45) is 17.3 Å². The molecule has 0 heterocycles.